The molecule has 12 heavy (non-hydrogen) atoms. The Kier molecular flexibility index (Phi) is 3.70. The van der Waals surface area contributed by atoms with Gasteiger partial charge in [0.05, 0.1) is 6.07 Å². The first kappa shape index (κ1) is 9.69. The van der Waals surface area contributed by atoms with Crippen molar-refractivity contribution >= 4 is 10.8 Å². The van der Waals surface area contributed by atoms with Crippen LogP contribution in [0.5, 0.6) is 0 Å². The summed E-state index contributed by atoms with van der Waals surface area (Å²) in [6.07, 6.45) is 0.583. The van der Waals surface area contributed by atoms with Crippen LogP contribution in [0.4, 0.5) is 0 Å². The fraction of sp³-hybridized carbons (Fsp3) is 0.875. The van der Waals surface area contributed by atoms with Gasteiger partial charge in [-0.3, -0.25) is 4.21 Å². The van der Waals surface area contributed by atoms with Gasteiger partial charge in [-0.2, -0.15) is 5.26 Å². The van der Waals surface area contributed by atoms with E-state index in [4.69, 9.17) is 5.26 Å². The van der Waals surface area contributed by atoms with Crippen molar-refractivity contribution in [3.05, 3.63) is 0 Å². The van der Waals surface area contributed by atoms with Gasteiger partial charge in [0.2, 0.25) is 0 Å². The fourth-order valence-electron chi connectivity index (χ4n) is 1.37. The highest BCUT2D eigenvalue weighted by atomic mass is 32.2. The molecular weight excluding hydrogens is 172 g/mol. The predicted molar refractivity (Wildman–Crippen MR) is 49.1 cm³/mol. The Morgan fingerprint density at radius 3 is 3.08 bits per heavy atom. The van der Waals surface area contributed by atoms with Crippen molar-refractivity contribution < 1.29 is 4.21 Å². The van der Waals surface area contributed by atoms with Crippen molar-refractivity contribution in [1.82, 2.24) is 4.90 Å². The van der Waals surface area contributed by atoms with Crippen LogP contribution in [-0.4, -0.2) is 39.7 Å². The minimum absolute atomic E-state index is 0.275. The number of nitriles is 1. The Labute approximate surface area is 75.8 Å². The van der Waals surface area contributed by atoms with Crippen LogP contribution >= 0.6 is 0 Å². The van der Waals surface area contributed by atoms with Crippen molar-refractivity contribution in [3.63, 3.8) is 0 Å². The number of rotatable bonds is 2. The topological polar surface area (TPSA) is 44.1 Å². The normalized spacial score (nSPS) is 31.3. The van der Waals surface area contributed by atoms with Crippen LogP contribution in [-0.2, 0) is 10.8 Å². The van der Waals surface area contributed by atoms with Crippen LogP contribution in [0, 0.1) is 11.3 Å². The van der Waals surface area contributed by atoms with E-state index in [9.17, 15) is 4.21 Å². The van der Waals surface area contributed by atoms with Crippen LogP contribution in [0.25, 0.3) is 0 Å². The van der Waals surface area contributed by atoms with Crippen molar-refractivity contribution in [1.29, 1.82) is 5.26 Å². The van der Waals surface area contributed by atoms with E-state index in [-0.39, 0.29) is 5.25 Å². The number of hydrogen-bond acceptors (Lipinski definition) is 3. The first-order chi connectivity index (χ1) is 5.74. The Morgan fingerprint density at radius 1 is 1.75 bits per heavy atom. The van der Waals surface area contributed by atoms with Crippen LogP contribution in [0.15, 0.2) is 0 Å². The number of nitrogens with zero attached hydrogens (tertiary/aromatic N) is 2. The Morgan fingerprint density at radius 2 is 2.50 bits per heavy atom. The summed E-state index contributed by atoms with van der Waals surface area (Å²) < 4.78 is 11.2. The van der Waals surface area contributed by atoms with Crippen LogP contribution in [0.3, 0.4) is 0 Å². The highest BCUT2D eigenvalue weighted by Gasteiger charge is 2.21. The molecule has 1 fully saturated rings. The zero-order valence-corrected chi connectivity index (χ0v) is 8.14. The molecule has 0 aromatic carbocycles. The Bertz CT molecular complexity index is 212. The molecular formula is C8H14N2OS. The molecule has 0 bridgehead atoms. The van der Waals surface area contributed by atoms with Gasteiger partial charge in [-0.05, 0) is 6.92 Å². The summed E-state index contributed by atoms with van der Waals surface area (Å²) in [6.45, 7) is 4.61. The Balaban J connectivity index is 2.31. The molecule has 4 heteroatoms. The van der Waals surface area contributed by atoms with Crippen molar-refractivity contribution in [2.24, 2.45) is 0 Å². The standard InChI is InChI=1S/C8H14N2OS/c1-8-7-10(4-2-3-9)5-6-12(8)11/h8H,2,4-7H2,1H3. The molecule has 0 radical (unpaired) electrons. The third kappa shape index (κ3) is 2.58. The molecule has 0 amide bonds. The predicted octanol–water partition coefficient (Wildman–Crippen LogP) is 0.353. The molecule has 68 valence electrons. The molecule has 1 aliphatic rings. The van der Waals surface area contributed by atoms with Crippen molar-refractivity contribution in [2.45, 2.75) is 18.6 Å². The Hall–Kier alpha value is -0.400. The molecule has 1 heterocycles. The lowest BCUT2D eigenvalue weighted by Gasteiger charge is -2.29. The first-order valence-electron chi connectivity index (χ1n) is 4.20. The molecule has 0 saturated carbocycles. The van der Waals surface area contributed by atoms with E-state index in [0.29, 0.717) is 6.42 Å². The summed E-state index contributed by atoms with van der Waals surface area (Å²) in [6, 6.07) is 2.12. The molecule has 1 aliphatic heterocycles. The maximum absolute atomic E-state index is 11.2. The zero-order chi connectivity index (χ0) is 8.97. The number of hydrogen-bond donors (Lipinski definition) is 0. The van der Waals surface area contributed by atoms with Crippen LogP contribution in [0.1, 0.15) is 13.3 Å². The van der Waals surface area contributed by atoms with Gasteiger partial charge in [0.25, 0.3) is 0 Å². The maximum Gasteiger partial charge on any atom is 0.0635 e. The third-order valence-corrected chi connectivity index (χ3v) is 3.74. The van der Waals surface area contributed by atoms with Gasteiger partial charge in [-0.1, -0.05) is 0 Å². The molecule has 0 aliphatic carbocycles. The van der Waals surface area contributed by atoms with E-state index in [2.05, 4.69) is 11.0 Å². The molecule has 0 aromatic rings. The highest BCUT2D eigenvalue weighted by molar-refractivity contribution is 7.85. The summed E-state index contributed by atoms with van der Waals surface area (Å²) in [7, 11) is -0.636. The molecule has 1 saturated heterocycles. The summed E-state index contributed by atoms with van der Waals surface area (Å²) in [5, 5.41) is 8.65. The van der Waals surface area contributed by atoms with E-state index >= 15 is 0 Å². The average Bonchev–Trinajstić information content (AvgIpc) is 2.07. The molecule has 0 aromatic heterocycles. The second kappa shape index (κ2) is 4.58. The van der Waals surface area contributed by atoms with Gasteiger partial charge in [-0.15, -0.1) is 0 Å². The van der Waals surface area contributed by atoms with E-state index in [1.807, 2.05) is 6.92 Å². The second-order valence-electron chi connectivity index (χ2n) is 3.10. The largest absolute Gasteiger partial charge is 0.300 e. The molecule has 3 nitrogen and oxygen atoms in total. The van der Waals surface area contributed by atoms with Crippen LogP contribution < -0.4 is 0 Å². The monoisotopic (exact) mass is 186 g/mol. The zero-order valence-electron chi connectivity index (χ0n) is 7.32. The summed E-state index contributed by atoms with van der Waals surface area (Å²) in [5.41, 5.74) is 0. The molecule has 0 N–H and O–H groups in total. The third-order valence-electron chi connectivity index (χ3n) is 2.11. The van der Waals surface area contributed by atoms with E-state index < -0.39 is 10.8 Å². The smallest absolute Gasteiger partial charge is 0.0635 e. The lowest BCUT2D eigenvalue weighted by molar-refractivity contribution is 0.289. The van der Waals surface area contributed by atoms with Crippen LogP contribution in [0.2, 0.25) is 0 Å². The lowest BCUT2D eigenvalue weighted by atomic mass is 10.3. The van der Waals surface area contributed by atoms with Gasteiger partial charge in [0.1, 0.15) is 0 Å². The van der Waals surface area contributed by atoms with E-state index in [1.54, 1.807) is 0 Å². The molecule has 2 atom stereocenters. The van der Waals surface area contributed by atoms with Gasteiger partial charge < -0.3 is 4.90 Å². The molecule has 0 spiro atoms. The van der Waals surface area contributed by atoms with Gasteiger partial charge in [0, 0.05) is 47.9 Å². The summed E-state index contributed by atoms with van der Waals surface area (Å²) in [4.78, 5) is 2.22. The minimum atomic E-state index is -0.636. The molecule has 2 unspecified atom stereocenters. The second-order valence-corrected chi connectivity index (χ2v) is 5.08. The van der Waals surface area contributed by atoms with Gasteiger partial charge in [-0.25, -0.2) is 0 Å². The fourth-order valence-corrected chi connectivity index (χ4v) is 2.59. The van der Waals surface area contributed by atoms with E-state index in [1.165, 1.54) is 0 Å². The van der Waals surface area contributed by atoms with Gasteiger partial charge in [0.15, 0.2) is 0 Å². The summed E-state index contributed by atoms with van der Waals surface area (Å²) in [5.74, 6) is 0.770. The quantitative estimate of drug-likeness (QED) is 0.625. The average molecular weight is 186 g/mol. The summed E-state index contributed by atoms with van der Waals surface area (Å²) >= 11 is 0. The molecule has 1 rings (SSSR count). The van der Waals surface area contributed by atoms with Crippen molar-refractivity contribution in [3.8, 4) is 6.07 Å². The lowest BCUT2D eigenvalue weighted by Crippen LogP contribution is -2.42. The minimum Gasteiger partial charge on any atom is -0.300 e. The maximum atomic E-state index is 11.2. The highest BCUT2D eigenvalue weighted by Crippen LogP contribution is 2.07. The van der Waals surface area contributed by atoms with Crippen molar-refractivity contribution in [2.75, 3.05) is 25.4 Å². The first-order valence-corrected chi connectivity index (χ1v) is 5.58. The van der Waals surface area contributed by atoms with Gasteiger partial charge >= 0.3 is 0 Å². The SMILES string of the molecule is CC1CN(CCC#N)CCS1=O. The van der Waals surface area contributed by atoms with E-state index in [0.717, 1.165) is 25.4 Å².